The molecule has 0 saturated carbocycles. The largest absolute Gasteiger partial charge is 0.354 e. The average molecular weight is 507 g/mol. The van der Waals surface area contributed by atoms with Crippen molar-refractivity contribution >= 4 is 38.4 Å². The van der Waals surface area contributed by atoms with Crippen LogP contribution in [0.3, 0.4) is 0 Å². The molecule has 3 aromatic carbocycles. The Morgan fingerprint density at radius 3 is 2.41 bits per heavy atom. The number of hydrogen-bond acceptors (Lipinski definition) is 0. The van der Waals surface area contributed by atoms with Gasteiger partial charge >= 0.3 is 0 Å². The zero-order valence-corrected chi connectivity index (χ0v) is 21.5. The maximum atomic E-state index is 3.85. The van der Waals surface area contributed by atoms with Crippen molar-refractivity contribution in [2.75, 3.05) is 0 Å². The zero-order valence-electron chi connectivity index (χ0n) is 19.9. The summed E-state index contributed by atoms with van der Waals surface area (Å²) in [5.41, 5.74) is 10.1. The Balaban J connectivity index is 1.67. The van der Waals surface area contributed by atoms with Crippen LogP contribution >= 0.6 is 15.9 Å². The summed E-state index contributed by atoms with van der Waals surface area (Å²) in [6.45, 7) is 8.81. The van der Waals surface area contributed by atoms with E-state index in [1.165, 1.54) is 76.7 Å². The summed E-state index contributed by atoms with van der Waals surface area (Å²) < 4.78 is 1.09. The molecule has 34 heavy (non-hydrogen) atoms. The molecule has 0 amide bonds. The Labute approximate surface area is 207 Å². The Morgan fingerprint density at radius 2 is 1.62 bits per heavy atom. The van der Waals surface area contributed by atoms with E-state index < -0.39 is 0 Å². The van der Waals surface area contributed by atoms with Crippen molar-refractivity contribution in [1.29, 1.82) is 0 Å². The fourth-order valence-corrected chi connectivity index (χ4v) is 5.99. The van der Waals surface area contributed by atoms with E-state index in [0.29, 0.717) is 0 Å². The Hall–Kier alpha value is -3.30. The molecule has 2 aromatic heterocycles. The zero-order chi connectivity index (χ0) is 23.6. The van der Waals surface area contributed by atoms with Gasteiger partial charge in [-0.15, -0.1) is 0 Å². The molecule has 2 heterocycles. The van der Waals surface area contributed by atoms with Gasteiger partial charge in [0.25, 0.3) is 0 Å². The summed E-state index contributed by atoms with van der Waals surface area (Å²) in [4.78, 5) is 7.60. The monoisotopic (exact) mass is 506 g/mol. The maximum Gasteiger partial charge on any atom is 0.0544 e. The highest BCUT2D eigenvalue weighted by atomic mass is 79.9. The van der Waals surface area contributed by atoms with Gasteiger partial charge in [-0.1, -0.05) is 70.0 Å². The van der Waals surface area contributed by atoms with Gasteiger partial charge in [0.05, 0.1) is 11.4 Å². The molecular formula is C31H27BrN2. The average Bonchev–Trinajstić information content (AvgIpc) is 3.40. The second kappa shape index (κ2) is 7.89. The predicted molar refractivity (Wildman–Crippen MR) is 146 cm³/mol. The lowest BCUT2D eigenvalue weighted by Gasteiger charge is -2.11. The van der Waals surface area contributed by atoms with Crippen molar-refractivity contribution in [3.63, 3.8) is 0 Å². The molecule has 0 saturated heterocycles. The summed E-state index contributed by atoms with van der Waals surface area (Å²) in [6.07, 6.45) is 3.29. The van der Waals surface area contributed by atoms with Crippen molar-refractivity contribution in [2.24, 2.45) is 0 Å². The molecule has 168 valence electrons. The lowest BCUT2D eigenvalue weighted by molar-refractivity contribution is 1.16. The summed E-state index contributed by atoms with van der Waals surface area (Å²) in [6, 6.07) is 22.1. The third kappa shape index (κ3) is 3.30. The molecule has 2 nitrogen and oxygen atoms in total. The molecule has 1 aliphatic carbocycles. The van der Waals surface area contributed by atoms with Gasteiger partial charge in [0.1, 0.15) is 0 Å². The molecule has 0 radical (unpaired) electrons. The quantitative estimate of drug-likeness (QED) is 0.267. The topological polar surface area (TPSA) is 31.6 Å². The van der Waals surface area contributed by atoms with Crippen LogP contribution in [0.4, 0.5) is 0 Å². The number of halogens is 1. The lowest BCUT2D eigenvalue weighted by atomic mass is 9.95. The Bertz CT molecular complexity index is 1810. The highest BCUT2D eigenvalue weighted by Crippen LogP contribution is 2.38. The normalized spacial score (nSPS) is 13.4. The molecule has 0 aliphatic heterocycles. The number of aromatic amines is 2. The fraction of sp³-hybridized carbons (Fsp3) is 0.161. The summed E-state index contributed by atoms with van der Waals surface area (Å²) in [5, 5.41) is 7.50. The van der Waals surface area contributed by atoms with Gasteiger partial charge in [-0.2, -0.15) is 0 Å². The number of aromatic nitrogens is 2. The molecule has 5 aromatic rings. The van der Waals surface area contributed by atoms with Crippen molar-refractivity contribution < 1.29 is 0 Å². The maximum absolute atomic E-state index is 3.85. The smallest absolute Gasteiger partial charge is 0.0544 e. The van der Waals surface area contributed by atoms with Gasteiger partial charge in [-0.05, 0) is 79.8 Å². The third-order valence-corrected chi connectivity index (χ3v) is 7.64. The molecular weight excluding hydrogens is 480 g/mol. The first-order valence-electron chi connectivity index (χ1n) is 11.8. The molecule has 6 rings (SSSR count). The number of H-pyrrole nitrogens is 2. The van der Waals surface area contributed by atoms with Crippen molar-refractivity contribution in [3.05, 3.63) is 114 Å². The number of rotatable bonds is 2. The molecule has 0 unspecified atom stereocenters. The second-order valence-corrected chi connectivity index (χ2v) is 10.5. The van der Waals surface area contributed by atoms with Gasteiger partial charge in [0.2, 0.25) is 0 Å². The van der Waals surface area contributed by atoms with Crippen molar-refractivity contribution in [3.8, 4) is 11.3 Å². The van der Waals surface area contributed by atoms with Gasteiger partial charge < -0.3 is 9.97 Å². The number of hydrogen-bond donors (Lipinski definition) is 2. The SMILES string of the molecule is CC(c1[nH]c(-c2c(C)cc(C)cc2C)c2cc(Br)ccc12)=c1cc2c([nH]1)=c1ccccc1=CC2. The molecule has 2 N–H and O–H groups in total. The first-order valence-corrected chi connectivity index (χ1v) is 12.6. The Kier molecular flexibility index (Phi) is 4.93. The van der Waals surface area contributed by atoms with E-state index in [1.54, 1.807) is 0 Å². The van der Waals surface area contributed by atoms with E-state index in [2.05, 4.69) is 120 Å². The van der Waals surface area contributed by atoms with Gasteiger partial charge in [0, 0.05) is 36.7 Å². The highest BCUT2D eigenvalue weighted by molar-refractivity contribution is 9.10. The van der Waals surface area contributed by atoms with Gasteiger partial charge in [-0.25, -0.2) is 0 Å². The fourth-order valence-electron chi connectivity index (χ4n) is 5.63. The van der Waals surface area contributed by atoms with Crippen LogP contribution in [-0.2, 0) is 6.42 Å². The molecule has 0 spiro atoms. The van der Waals surface area contributed by atoms with E-state index in [0.717, 1.165) is 10.9 Å². The summed E-state index contributed by atoms with van der Waals surface area (Å²) in [5.74, 6) is 0. The van der Waals surface area contributed by atoms with E-state index in [9.17, 15) is 0 Å². The molecule has 0 bridgehead atoms. The van der Waals surface area contributed by atoms with Crippen LogP contribution in [0.5, 0.6) is 0 Å². The third-order valence-electron chi connectivity index (χ3n) is 7.15. The van der Waals surface area contributed by atoms with E-state index in [-0.39, 0.29) is 0 Å². The summed E-state index contributed by atoms with van der Waals surface area (Å²) >= 11 is 3.70. The van der Waals surface area contributed by atoms with Crippen molar-refractivity contribution in [2.45, 2.75) is 34.1 Å². The molecule has 0 atom stereocenters. The van der Waals surface area contributed by atoms with E-state index >= 15 is 0 Å². The lowest BCUT2D eigenvalue weighted by Crippen LogP contribution is -2.08. The standard InChI is InChI=1S/C31H27BrN2/c1-17-13-18(2)28(19(3)14-17)31-26-16-23(32)11-12-25(26)29(34-31)20(4)27-15-22-10-9-21-7-5-6-8-24(21)30(22)33-27/h5-9,11-16,33-34H,10H2,1-4H3. The van der Waals surface area contributed by atoms with Crippen LogP contribution in [0, 0.1) is 31.3 Å². The van der Waals surface area contributed by atoms with Crippen LogP contribution in [-0.4, -0.2) is 9.97 Å². The molecule has 1 aliphatic rings. The number of nitrogens with one attached hydrogen (secondary N) is 2. The highest BCUT2D eigenvalue weighted by Gasteiger charge is 2.18. The second-order valence-electron chi connectivity index (χ2n) is 9.54. The Morgan fingerprint density at radius 1 is 0.853 bits per heavy atom. The van der Waals surface area contributed by atoms with Crippen LogP contribution in [0.2, 0.25) is 0 Å². The van der Waals surface area contributed by atoms with Gasteiger partial charge in [0.15, 0.2) is 0 Å². The number of aryl methyl sites for hydroxylation is 3. The van der Waals surface area contributed by atoms with Gasteiger partial charge in [-0.3, -0.25) is 0 Å². The van der Waals surface area contributed by atoms with E-state index in [4.69, 9.17) is 0 Å². The minimum atomic E-state index is 0.960. The molecule has 0 fully saturated rings. The minimum absolute atomic E-state index is 0.960. The first-order chi connectivity index (χ1) is 16.4. The van der Waals surface area contributed by atoms with Crippen LogP contribution in [0.25, 0.3) is 33.7 Å². The van der Waals surface area contributed by atoms with Crippen LogP contribution in [0.1, 0.15) is 34.9 Å². The van der Waals surface area contributed by atoms with Crippen LogP contribution < -0.4 is 10.6 Å². The minimum Gasteiger partial charge on any atom is -0.354 e. The number of benzene rings is 3. The molecule has 3 heteroatoms. The predicted octanol–water partition coefficient (Wildman–Crippen LogP) is 6.69. The first kappa shape index (κ1) is 21.2. The number of fused-ring (bicyclic) bond motifs is 3. The van der Waals surface area contributed by atoms with Crippen molar-refractivity contribution in [1.82, 2.24) is 9.97 Å². The van der Waals surface area contributed by atoms with Crippen LogP contribution in [0.15, 0.2) is 65.1 Å². The summed E-state index contributed by atoms with van der Waals surface area (Å²) in [7, 11) is 0. The van der Waals surface area contributed by atoms with E-state index in [1.807, 2.05) is 0 Å².